The van der Waals surface area contributed by atoms with Gasteiger partial charge in [-0.05, 0) is 59.9 Å². The number of pyridine rings is 1. The van der Waals surface area contributed by atoms with Crippen molar-refractivity contribution in [1.29, 1.82) is 0 Å². The minimum Gasteiger partial charge on any atom is -0.481 e. The molecule has 1 aromatic heterocycles. The highest BCUT2D eigenvalue weighted by molar-refractivity contribution is 5.85. The average Bonchev–Trinajstić information content (AvgIpc) is 2.85. The van der Waals surface area contributed by atoms with Crippen LogP contribution < -0.4 is 16.0 Å². The van der Waals surface area contributed by atoms with Crippen LogP contribution in [0.5, 0.6) is 0 Å². The molecular weight excluding hydrogens is 463 g/mol. The third kappa shape index (κ3) is 8.50. The van der Waals surface area contributed by atoms with Crippen LogP contribution in [0, 0.1) is 12.7 Å². The Labute approximate surface area is 209 Å². The molecule has 36 heavy (non-hydrogen) atoms. The first-order chi connectivity index (χ1) is 17.3. The topological polar surface area (TPSA) is 120 Å². The molecule has 0 spiro atoms. The number of nitrogens with one attached hydrogen (secondary N) is 3. The molecule has 0 aliphatic rings. The van der Waals surface area contributed by atoms with E-state index in [1.807, 2.05) is 19.1 Å². The van der Waals surface area contributed by atoms with Crippen LogP contribution in [0.1, 0.15) is 36.4 Å². The fraction of sp³-hybridized carbons (Fsp3) is 0.259. The second-order valence-corrected chi connectivity index (χ2v) is 8.37. The van der Waals surface area contributed by atoms with Gasteiger partial charge in [0.15, 0.2) is 0 Å². The highest BCUT2D eigenvalue weighted by Crippen LogP contribution is 2.24. The molecule has 1 unspecified atom stereocenters. The molecule has 0 aliphatic heterocycles. The Hall–Kier alpha value is -4.27. The fourth-order valence-corrected chi connectivity index (χ4v) is 3.59. The lowest BCUT2D eigenvalue weighted by atomic mass is 9.99. The van der Waals surface area contributed by atoms with Gasteiger partial charge in [0.2, 0.25) is 11.8 Å². The van der Waals surface area contributed by atoms with Crippen LogP contribution in [-0.4, -0.2) is 41.0 Å². The number of amides is 2. The van der Waals surface area contributed by atoms with Gasteiger partial charge < -0.3 is 21.1 Å². The summed E-state index contributed by atoms with van der Waals surface area (Å²) in [6.45, 7) is 2.27. The first kappa shape index (κ1) is 26.3. The number of aromatic nitrogens is 1. The lowest BCUT2D eigenvalue weighted by Gasteiger charge is -2.18. The molecule has 2 aromatic carbocycles. The second kappa shape index (κ2) is 13.0. The predicted molar refractivity (Wildman–Crippen MR) is 135 cm³/mol. The van der Waals surface area contributed by atoms with Crippen molar-refractivity contribution in [2.75, 3.05) is 18.4 Å². The minimum absolute atomic E-state index is 0.232. The maximum absolute atomic E-state index is 13.2. The van der Waals surface area contributed by atoms with E-state index in [4.69, 9.17) is 0 Å². The molecule has 1 heterocycles. The number of aryl methyl sites for hydroxylation is 1. The smallest absolute Gasteiger partial charge is 0.305 e. The molecule has 0 saturated heterocycles. The number of hydrogen-bond donors (Lipinski definition) is 4. The van der Waals surface area contributed by atoms with Crippen LogP contribution in [-0.2, 0) is 14.4 Å². The standard InChI is InChI=1S/C27H29FN4O4/c1-18-12-14-30-24(15-18)29-13-2-3-25(33)31-17-26(34)32-23(16-27(35)36)21-6-4-19(5-7-21)20-8-10-22(28)11-9-20/h4-12,14-15,23H,2-3,13,16-17H2,1H3,(H,29,30)(H,31,33)(H,32,34)(H,35,36). The van der Waals surface area contributed by atoms with Gasteiger partial charge in [0, 0.05) is 19.2 Å². The van der Waals surface area contributed by atoms with E-state index >= 15 is 0 Å². The Balaban J connectivity index is 1.47. The van der Waals surface area contributed by atoms with Gasteiger partial charge in [-0.15, -0.1) is 0 Å². The number of carboxylic acid groups (broad SMARTS) is 1. The van der Waals surface area contributed by atoms with Gasteiger partial charge in [0.05, 0.1) is 19.0 Å². The summed E-state index contributed by atoms with van der Waals surface area (Å²) in [4.78, 5) is 40.0. The molecule has 3 aromatic rings. The summed E-state index contributed by atoms with van der Waals surface area (Å²) in [7, 11) is 0. The van der Waals surface area contributed by atoms with Gasteiger partial charge in [-0.25, -0.2) is 9.37 Å². The Morgan fingerprint density at radius 1 is 0.972 bits per heavy atom. The van der Waals surface area contributed by atoms with Gasteiger partial charge in [-0.1, -0.05) is 36.4 Å². The largest absolute Gasteiger partial charge is 0.481 e. The van der Waals surface area contributed by atoms with E-state index in [0.717, 1.165) is 22.5 Å². The molecule has 1 atom stereocenters. The Bertz CT molecular complexity index is 1180. The van der Waals surface area contributed by atoms with Crippen LogP contribution in [0.15, 0.2) is 66.9 Å². The first-order valence-corrected chi connectivity index (χ1v) is 11.6. The number of carbonyl (C=O) groups excluding carboxylic acids is 2. The van der Waals surface area contributed by atoms with E-state index in [2.05, 4.69) is 20.9 Å². The maximum atomic E-state index is 13.2. The summed E-state index contributed by atoms with van der Waals surface area (Å²) in [6.07, 6.45) is 2.19. The van der Waals surface area contributed by atoms with Crippen LogP contribution in [0.25, 0.3) is 11.1 Å². The Morgan fingerprint density at radius 3 is 2.28 bits per heavy atom. The molecule has 0 fully saturated rings. The molecule has 8 nitrogen and oxygen atoms in total. The number of anilines is 1. The maximum Gasteiger partial charge on any atom is 0.305 e. The number of nitrogens with zero attached hydrogens (tertiary/aromatic N) is 1. The van der Waals surface area contributed by atoms with E-state index in [-0.39, 0.29) is 31.1 Å². The van der Waals surface area contributed by atoms with E-state index in [1.54, 1.807) is 42.6 Å². The van der Waals surface area contributed by atoms with E-state index < -0.39 is 17.9 Å². The van der Waals surface area contributed by atoms with Crippen molar-refractivity contribution in [3.8, 4) is 11.1 Å². The molecule has 4 N–H and O–H groups in total. The fourth-order valence-electron chi connectivity index (χ4n) is 3.59. The minimum atomic E-state index is -1.07. The van der Waals surface area contributed by atoms with Crippen molar-refractivity contribution >= 4 is 23.6 Å². The molecule has 0 saturated carbocycles. The van der Waals surface area contributed by atoms with Gasteiger partial charge in [-0.3, -0.25) is 14.4 Å². The number of aliphatic carboxylic acids is 1. The molecule has 188 valence electrons. The second-order valence-electron chi connectivity index (χ2n) is 8.37. The van der Waals surface area contributed by atoms with Crippen molar-refractivity contribution < 1.29 is 23.9 Å². The van der Waals surface area contributed by atoms with Gasteiger partial charge in [-0.2, -0.15) is 0 Å². The van der Waals surface area contributed by atoms with Crippen molar-refractivity contribution in [2.45, 2.75) is 32.2 Å². The third-order valence-electron chi connectivity index (χ3n) is 5.45. The number of carboxylic acids is 1. The van der Waals surface area contributed by atoms with Crippen LogP contribution >= 0.6 is 0 Å². The first-order valence-electron chi connectivity index (χ1n) is 11.6. The summed E-state index contributed by atoms with van der Waals surface area (Å²) >= 11 is 0. The van der Waals surface area contributed by atoms with Gasteiger partial charge in [0.1, 0.15) is 11.6 Å². The quantitative estimate of drug-likeness (QED) is 0.285. The SMILES string of the molecule is Cc1ccnc(NCCCC(=O)NCC(=O)NC(CC(=O)O)c2ccc(-c3ccc(F)cc3)cc2)c1. The van der Waals surface area contributed by atoms with Gasteiger partial charge >= 0.3 is 5.97 Å². The van der Waals surface area contributed by atoms with E-state index in [9.17, 15) is 23.9 Å². The van der Waals surface area contributed by atoms with Crippen LogP contribution in [0.3, 0.4) is 0 Å². The molecule has 0 bridgehead atoms. The molecule has 9 heteroatoms. The average molecular weight is 493 g/mol. The highest BCUT2D eigenvalue weighted by atomic mass is 19.1. The van der Waals surface area contributed by atoms with Gasteiger partial charge in [0.25, 0.3) is 0 Å². The molecule has 3 rings (SSSR count). The number of benzene rings is 2. The lowest BCUT2D eigenvalue weighted by molar-refractivity contribution is -0.138. The molecule has 0 radical (unpaired) electrons. The molecule has 2 amide bonds. The normalized spacial score (nSPS) is 11.4. The van der Waals surface area contributed by atoms with Crippen LogP contribution in [0.4, 0.5) is 10.2 Å². The van der Waals surface area contributed by atoms with Crippen molar-refractivity contribution in [3.05, 3.63) is 83.8 Å². The van der Waals surface area contributed by atoms with Crippen LogP contribution in [0.2, 0.25) is 0 Å². The Morgan fingerprint density at radius 2 is 1.64 bits per heavy atom. The summed E-state index contributed by atoms with van der Waals surface area (Å²) in [5.74, 6) is -1.42. The van der Waals surface area contributed by atoms with E-state index in [1.165, 1.54) is 12.1 Å². The predicted octanol–water partition coefficient (Wildman–Crippen LogP) is 3.84. The summed E-state index contributed by atoms with van der Waals surface area (Å²) in [5.41, 5.74) is 3.34. The van der Waals surface area contributed by atoms with E-state index in [0.29, 0.717) is 18.5 Å². The summed E-state index contributed by atoms with van der Waals surface area (Å²) < 4.78 is 13.2. The zero-order valence-electron chi connectivity index (χ0n) is 20.0. The number of rotatable bonds is 12. The number of carbonyl (C=O) groups is 3. The summed E-state index contributed by atoms with van der Waals surface area (Å²) in [6, 6.07) is 16.1. The van der Waals surface area contributed by atoms with Crippen molar-refractivity contribution in [1.82, 2.24) is 15.6 Å². The molecular formula is C27H29FN4O4. The third-order valence-corrected chi connectivity index (χ3v) is 5.45. The number of halogens is 1. The Kier molecular flexibility index (Phi) is 9.50. The monoisotopic (exact) mass is 492 g/mol. The van der Waals surface area contributed by atoms with Crippen molar-refractivity contribution in [3.63, 3.8) is 0 Å². The van der Waals surface area contributed by atoms with Crippen molar-refractivity contribution in [2.24, 2.45) is 0 Å². The summed E-state index contributed by atoms with van der Waals surface area (Å²) in [5, 5.41) is 17.7. The molecule has 0 aliphatic carbocycles. The zero-order chi connectivity index (χ0) is 25.9. The highest BCUT2D eigenvalue weighted by Gasteiger charge is 2.18. The zero-order valence-corrected chi connectivity index (χ0v) is 20.0. The lowest BCUT2D eigenvalue weighted by Crippen LogP contribution is -2.39. The number of hydrogen-bond acceptors (Lipinski definition) is 5.